The van der Waals surface area contributed by atoms with Crippen LogP contribution in [0.15, 0.2) is 18.3 Å². The molecule has 15 heavy (non-hydrogen) atoms. The fraction of sp³-hybridized carbons (Fsp3) is 0.167. The summed E-state index contributed by atoms with van der Waals surface area (Å²) in [4.78, 5) is 3.44. The number of nitrogens with zero attached hydrogens (tertiary/aromatic N) is 1. The maximum atomic E-state index is 11.9. The van der Waals surface area contributed by atoms with Gasteiger partial charge in [0.2, 0.25) is 0 Å². The number of hydrogen-bond donors (Lipinski definition) is 0. The third-order valence-corrected chi connectivity index (χ3v) is 2.37. The number of aromatic nitrogens is 1. The molecule has 0 aliphatic carbocycles. The number of halogens is 4. The van der Waals surface area contributed by atoms with Crippen molar-refractivity contribution in [3.8, 4) is 5.75 Å². The van der Waals surface area contributed by atoms with Gasteiger partial charge in [-0.1, -0.05) is 11.6 Å². The number of alkyl halides is 3. The van der Waals surface area contributed by atoms with Crippen LogP contribution in [0.25, 0.3) is 0 Å². The highest BCUT2D eigenvalue weighted by Crippen LogP contribution is 2.27. The van der Waals surface area contributed by atoms with Crippen LogP contribution in [0.3, 0.4) is 0 Å². The summed E-state index contributed by atoms with van der Waals surface area (Å²) >= 11 is 5.32. The van der Waals surface area contributed by atoms with E-state index in [1.165, 1.54) is 0 Å². The Balaban J connectivity index is 2.98. The maximum Gasteiger partial charge on any atom is 0.534 e. The Bertz CT molecular complexity index is 459. The Hall–Kier alpha value is -1.02. The molecule has 0 fully saturated rings. The molecular weight excluding hydrogens is 259 g/mol. The molecule has 0 aromatic carbocycles. The number of pyridine rings is 1. The van der Waals surface area contributed by atoms with E-state index in [0.717, 1.165) is 18.3 Å². The minimum atomic E-state index is -5.65. The van der Waals surface area contributed by atoms with E-state index >= 15 is 0 Å². The zero-order valence-corrected chi connectivity index (χ0v) is 8.40. The minimum absolute atomic E-state index is 0.176. The second-order valence-electron chi connectivity index (χ2n) is 2.30. The first-order valence-electron chi connectivity index (χ1n) is 3.35. The normalized spacial score (nSPS) is 12.5. The van der Waals surface area contributed by atoms with Crippen LogP contribution < -0.4 is 4.18 Å². The molecule has 0 spiro atoms. The summed E-state index contributed by atoms with van der Waals surface area (Å²) in [6, 6.07) is 1.79. The Morgan fingerprint density at radius 2 is 2.00 bits per heavy atom. The predicted molar refractivity (Wildman–Crippen MR) is 44.8 cm³/mol. The van der Waals surface area contributed by atoms with Crippen molar-refractivity contribution in [3.63, 3.8) is 0 Å². The highest BCUT2D eigenvalue weighted by Gasteiger charge is 2.48. The van der Waals surface area contributed by atoms with Crippen LogP contribution in [0.2, 0.25) is 5.15 Å². The van der Waals surface area contributed by atoms with Crippen LogP contribution in [0.1, 0.15) is 0 Å². The van der Waals surface area contributed by atoms with Gasteiger partial charge in [0.05, 0.1) is 0 Å². The average Bonchev–Trinajstić information content (AvgIpc) is 2.00. The molecule has 0 aliphatic rings. The van der Waals surface area contributed by atoms with Gasteiger partial charge in [-0.05, 0) is 0 Å². The van der Waals surface area contributed by atoms with Crippen LogP contribution in [0, 0.1) is 0 Å². The van der Waals surface area contributed by atoms with E-state index in [0.29, 0.717) is 0 Å². The lowest BCUT2D eigenvalue weighted by atomic mass is 10.5. The molecule has 0 saturated heterocycles. The van der Waals surface area contributed by atoms with Gasteiger partial charge in [0.15, 0.2) is 0 Å². The summed E-state index contributed by atoms with van der Waals surface area (Å²) in [5.41, 5.74) is -5.47. The largest absolute Gasteiger partial charge is 0.534 e. The van der Waals surface area contributed by atoms with Crippen molar-refractivity contribution in [3.05, 3.63) is 23.5 Å². The molecule has 1 heterocycles. The summed E-state index contributed by atoms with van der Waals surface area (Å²) in [6.07, 6.45) is 1.02. The van der Waals surface area contributed by atoms with E-state index in [2.05, 4.69) is 9.17 Å². The Labute approximate surface area is 87.8 Å². The van der Waals surface area contributed by atoms with Gasteiger partial charge in [0.25, 0.3) is 0 Å². The van der Waals surface area contributed by atoms with Crippen molar-refractivity contribution in [1.29, 1.82) is 0 Å². The molecule has 1 aromatic heterocycles. The topological polar surface area (TPSA) is 56.3 Å². The molecule has 0 saturated carbocycles. The smallest absolute Gasteiger partial charge is 0.376 e. The van der Waals surface area contributed by atoms with Crippen molar-refractivity contribution in [2.45, 2.75) is 5.51 Å². The molecule has 1 rings (SSSR count). The van der Waals surface area contributed by atoms with Crippen LogP contribution in [0.5, 0.6) is 5.75 Å². The lowest BCUT2D eigenvalue weighted by Gasteiger charge is -2.08. The van der Waals surface area contributed by atoms with E-state index in [1.54, 1.807) is 0 Å². The first-order chi connectivity index (χ1) is 6.72. The quantitative estimate of drug-likeness (QED) is 0.464. The molecule has 0 radical (unpaired) electrons. The maximum absolute atomic E-state index is 11.9. The lowest BCUT2D eigenvalue weighted by Crippen LogP contribution is -2.28. The molecule has 84 valence electrons. The molecule has 4 nitrogen and oxygen atoms in total. The van der Waals surface area contributed by atoms with Crippen LogP contribution >= 0.6 is 11.6 Å². The molecule has 1 aromatic rings. The Morgan fingerprint density at radius 3 is 2.47 bits per heavy atom. The second-order valence-corrected chi connectivity index (χ2v) is 4.22. The van der Waals surface area contributed by atoms with Gasteiger partial charge in [-0.15, -0.1) is 0 Å². The van der Waals surface area contributed by atoms with Crippen molar-refractivity contribution >= 4 is 21.7 Å². The molecule has 0 amide bonds. The van der Waals surface area contributed by atoms with Crippen molar-refractivity contribution in [1.82, 2.24) is 4.98 Å². The van der Waals surface area contributed by atoms with Crippen molar-refractivity contribution in [2.24, 2.45) is 0 Å². The SMILES string of the molecule is O=S(=O)(Oc1ccnc(Cl)c1)C(F)(F)F. The zero-order valence-electron chi connectivity index (χ0n) is 6.82. The number of rotatable bonds is 2. The molecule has 9 heteroatoms. The average molecular weight is 262 g/mol. The molecular formula is C6H3ClF3NO3S. The van der Waals surface area contributed by atoms with E-state index in [-0.39, 0.29) is 5.15 Å². The minimum Gasteiger partial charge on any atom is -0.376 e. The summed E-state index contributed by atoms with van der Waals surface area (Å²) < 4.78 is 60.4. The fourth-order valence-electron chi connectivity index (χ4n) is 0.610. The van der Waals surface area contributed by atoms with E-state index in [9.17, 15) is 21.6 Å². The summed E-state index contributed by atoms with van der Waals surface area (Å²) in [5, 5.41) is -0.176. The standard InChI is InChI=1S/C6H3ClF3NO3S/c7-5-3-4(1-2-11-5)14-15(12,13)6(8,9)10/h1-3H. The summed E-state index contributed by atoms with van der Waals surface area (Å²) in [7, 11) is -5.65. The summed E-state index contributed by atoms with van der Waals surface area (Å²) in [6.45, 7) is 0. The van der Waals surface area contributed by atoms with Gasteiger partial charge >= 0.3 is 15.6 Å². The highest BCUT2D eigenvalue weighted by atomic mass is 35.5. The molecule has 0 bridgehead atoms. The first kappa shape index (κ1) is 12.1. The third-order valence-electron chi connectivity index (χ3n) is 1.19. The molecule has 0 N–H and O–H groups in total. The van der Waals surface area contributed by atoms with Gasteiger partial charge in [0, 0.05) is 18.3 Å². The summed E-state index contributed by atoms with van der Waals surface area (Å²) in [5.74, 6) is -0.549. The predicted octanol–water partition coefficient (Wildman–Crippen LogP) is 1.96. The van der Waals surface area contributed by atoms with Gasteiger partial charge in [-0.25, -0.2) is 4.98 Å². The van der Waals surface area contributed by atoms with Crippen LogP contribution in [-0.4, -0.2) is 18.9 Å². The van der Waals surface area contributed by atoms with E-state index in [4.69, 9.17) is 11.6 Å². The zero-order chi connectivity index (χ0) is 11.7. The Morgan fingerprint density at radius 1 is 1.40 bits per heavy atom. The second kappa shape index (κ2) is 3.86. The number of hydrogen-bond acceptors (Lipinski definition) is 4. The highest BCUT2D eigenvalue weighted by molar-refractivity contribution is 7.87. The van der Waals surface area contributed by atoms with Crippen molar-refractivity contribution in [2.75, 3.05) is 0 Å². The molecule has 0 aliphatic heterocycles. The van der Waals surface area contributed by atoms with E-state index < -0.39 is 21.4 Å². The first-order valence-corrected chi connectivity index (χ1v) is 5.13. The third kappa shape index (κ3) is 2.96. The molecule has 0 atom stereocenters. The monoisotopic (exact) mass is 261 g/mol. The van der Waals surface area contributed by atoms with Crippen LogP contribution in [0.4, 0.5) is 13.2 Å². The van der Waals surface area contributed by atoms with E-state index in [1.807, 2.05) is 0 Å². The Kier molecular flexibility index (Phi) is 3.10. The molecule has 0 unspecified atom stereocenters. The van der Waals surface area contributed by atoms with Gasteiger partial charge in [-0.2, -0.15) is 21.6 Å². The van der Waals surface area contributed by atoms with Crippen molar-refractivity contribution < 1.29 is 25.8 Å². The van der Waals surface area contributed by atoms with Gasteiger partial charge in [-0.3, -0.25) is 0 Å². The lowest BCUT2D eigenvalue weighted by molar-refractivity contribution is -0.0500. The van der Waals surface area contributed by atoms with Gasteiger partial charge in [0.1, 0.15) is 10.9 Å². The van der Waals surface area contributed by atoms with Gasteiger partial charge < -0.3 is 4.18 Å². The fourth-order valence-corrected chi connectivity index (χ4v) is 1.23. The van der Waals surface area contributed by atoms with Crippen LogP contribution in [-0.2, 0) is 10.1 Å².